The quantitative estimate of drug-likeness (QED) is 0.898. The van der Waals surface area contributed by atoms with Crippen LogP contribution in [0, 0.1) is 5.92 Å². The first-order valence-corrected chi connectivity index (χ1v) is 8.31. The molecule has 2 fully saturated rings. The summed E-state index contributed by atoms with van der Waals surface area (Å²) < 4.78 is 5.23. The van der Waals surface area contributed by atoms with Gasteiger partial charge in [0.2, 0.25) is 0 Å². The molecule has 2 N–H and O–H groups in total. The fourth-order valence-corrected chi connectivity index (χ4v) is 4.09. The number of aromatic nitrogens is 1. The second-order valence-electron chi connectivity index (χ2n) is 6.71. The molecule has 1 saturated carbocycles. The Morgan fingerprint density at radius 3 is 2.73 bits per heavy atom. The largest absolute Gasteiger partial charge is 0.465 e. The molecule has 0 spiro atoms. The lowest BCUT2D eigenvalue weighted by molar-refractivity contribution is 0.0831. The number of likely N-dealkylation sites (tertiary alicyclic amines) is 1. The molecule has 22 heavy (non-hydrogen) atoms. The SMILES string of the molecule is O=C(O)N1CC[C@H](c2cc(=O)[nH]o2)C[C@@H]1CC1CCCCC1. The van der Waals surface area contributed by atoms with E-state index in [-0.39, 0.29) is 17.5 Å². The van der Waals surface area contributed by atoms with Crippen LogP contribution < -0.4 is 5.56 Å². The van der Waals surface area contributed by atoms with Crippen molar-refractivity contribution in [2.45, 2.75) is 63.3 Å². The van der Waals surface area contributed by atoms with Gasteiger partial charge in [0.1, 0.15) is 5.76 Å². The molecule has 3 rings (SSSR count). The van der Waals surface area contributed by atoms with Gasteiger partial charge in [-0.3, -0.25) is 4.79 Å². The smallest absolute Gasteiger partial charge is 0.407 e. The first-order valence-electron chi connectivity index (χ1n) is 8.31. The summed E-state index contributed by atoms with van der Waals surface area (Å²) in [6.07, 6.45) is 7.86. The zero-order valence-electron chi connectivity index (χ0n) is 12.8. The second-order valence-corrected chi connectivity index (χ2v) is 6.71. The van der Waals surface area contributed by atoms with Crippen LogP contribution in [0.25, 0.3) is 0 Å². The minimum absolute atomic E-state index is 0.0413. The van der Waals surface area contributed by atoms with Crippen molar-refractivity contribution in [2.24, 2.45) is 5.92 Å². The highest BCUT2D eigenvalue weighted by molar-refractivity contribution is 5.65. The predicted molar refractivity (Wildman–Crippen MR) is 81.0 cm³/mol. The van der Waals surface area contributed by atoms with Crippen LogP contribution in [0.4, 0.5) is 4.79 Å². The maximum absolute atomic E-state index is 11.5. The molecule has 0 unspecified atom stereocenters. The number of piperidine rings is 1. The van der Waals surface area contributed by atoms with Gasteiger partial charge in [-0.05, 0) is 25.2 Å². The summed E-state index contributed by atoms with van der Waals surface area (Å²) in [6.45, 7) is 0.520. The van der Waals surface area contributed by atoms with Crippen molar-refractivity contribution in [3.05, 3.63) is 22.2 Å². The zero-order valence-corrected chi connectivity index (χ0v) is 12.8. The van der Waals surface area contributed by atoms with Crippen molar-refractivity contribution in [2.75, 3.05) is 6.54 Å². The van der Waals surface area contributed by atoms with E-state index < -0.39 is 6.09 Å². The Bertz CT molecular complexity index is 558. The molecule has 0 aromatic carbocycles. The van der Waals surface area contributed by atoms with Crippen LogP contribution in [0.5, 0.6) is 0 Å². The maximum Gasteiger partial charge on any atom is 0.407 e. The average molecular weight is 308 g/mol. The molecule has 2 heterocycles. The molecule has 1 aliphatic carbocycles. The summed E-state index contributed by atoms with van der Waals surface area (Å²) in [5.41, 5.74) is -0.223. The van der Waals surface area contributed by atoms with E-state index in [0.29, 0.717) is 24.6 Å². The van der Waals surface area contributed by atoms with Crippen molar-refractivity contribution in [1.82, 2.24) is 10.1 Å². The van der Waals surface area contributed by atoms with Crippen LogP contribution in [0.3, 0.4) is 0 Å². The van der Waals surface area contributed by atoms with E-state index in [9.17, 15) is 14.7 Å². The number of H-pyrrole nitrogens is 1. The van der Waals surface area contributed by atoms with Gasteiger partial charge in [-0.15, -0.1) is 0 Å². The highest BCUT2D eigenvalue weighted by Crippen LogP contribution is 2.36. The molecule has 2 aliphatic rings. The molecular weight excluding hydrogens is 284 g/mol. The Kier molecular flexibility index (Phi) is 4.55. The van der Waals surface area contributed by atoms with Crippen molar-refractivity contribution in [3.63, 3.8) is 0 Å². The molecule has 6 nitrogen and oxygen atoms in total. The van der Waals surface area contributed by atoms with Gasteiger partial charge in [0, 0.05) is 24.6 Å². The fraction of sp³-hybridized carbons (Fsp3) is 0.750. The normalized spacial score (nSPS) is 27.0. The Morgan fingerprint density at radius 2 is 2.09 bits per heavy atom. The first kappa shape index (κ1) is 15.2. The lowest BCUT2D eigenvalue weighted by Crippen LogP contribution is -2.46. The number of rotatable bonds is 3. The minimum atomic E-state index is -0.824. The lowest BCUT2D eigenvalue weighted by atomic mass is 9.80. The third-order valence-corrected chi connectivity index (χ3v) is 5.24. The summed E-state index contributed by atoms with van der Waals surface area (Å²) >= 11 is 0. The summed E-state index contributed by atoms with van der Waals surface area (Å²) in [5, 5.41) is 11.8. The standard InChI is InChI=1S/C16H24N2O4/c19-15-10-14(22-17-15)12-6-7-18(16(20)21)13(9-12)8-11-4-2-1-3-5-11/h10-13H,1-9H2,(H,17,19)(H,20,21)/t12-,13-/m0/s1. The van der Waals surface area contributed by atoms with E-state index in [1.54, 1.807) is 4.90 Å². The number of hydrogen-bond donors (Lipinski definition) is 2. The third-order valence-electron chi connectivity index (χ3n) is 5.24. The molecular formula is C16H24N2O4. The highest BCUT2D eigenvalue weighted by atomic mass is 16.5. The molecule has 6 heteroatoms. The van der Waals surface area contributed by atoms with Gasteiger partial charge in [0.15, 0.2) is 0 Å². The van der Waals surface area contributed by atoms with E-state index in [4.69, 9.17) is 4.52 Å². The number of nitrogens with one attached hydrogen (secondary N) is 1. The number of nitrogens with zero attached hydrogens (tertiary/aromatic N) is 1. The molecule has 1 amide bonds. The van der Waals surface area contributed by atoms with Crippen LogP contribution in [0.15, 0.2) is 15.4 Å². The molecule has 1 saturated heterocycles. The van der Waals surface area contributed by atoms with E-state index in [2.05, 4.69) is 5.16 Å². The van der Waals surface area contributed by atoms with Gasteiger partial charge in [-0.2, -0.15) is 5.16 Å². The molecule has 1 aliphatic heterocycles. The van der Waals surface area contributed by atoms with E-state index in [0.717, 1.165) is 12.8 Å². The van der Waals surface area contributed by atoms with Gasteiger partial charge >= 0.3 is 6.09 Å². The van der Waals surface area contributed by atoms with Gasteiger partial charge in [-0.25, -0.2) is 4.79 Å². The second kappa shape index (κ2) is 6.58. The number of aromatic amines is 1. The maximum atomic E-state index is 11.5. The van der Waals surface area contributed by atoms with Gasteiger partial charge in [0.05, 0.1) is 0 Å². The fourth-order valence-electron chi connectivity index (χ4n) is 4.09. The number of carbonyl (C=O) groups is 1. The van der Waals surface area contributed by atoms with Crippen LogP contribution in [-0.4, -0.2) is 33.8 Å². The van der Waals surface area contributed by atoms with Crippen molar-refractivity contribution in [1.29, 1.82) is 0 Å². The lowest BCUT2D eigenvalue weighted by Gasteiger charge is -2.39. The summed E-state index contributed by atoms with van der Waals surface area (Å²) in [5.74, 6) is 1.45. The van der Waals surface area contributed by atoms with Crippen molar-refractivity contribution in [3.8, 4) is 0 Å². The molecule has 0 radical (unpaired) electrons. The predicted octanol–water partition coefficient (Wildman–Crippen LogP) is 3.16. The molecule has 1 aromatic heterocycles. The van der Waals surface area contributed by atoms with Crippen LogP contribution in [0.1, 0.15) is 63.0 Å². The highest BCUT2D eigenvalue weighted by Gasteiger charge is 2.35. The van der Waals surface area contributed by atoms with Crippen molar-refractivity contribution < 1.29 is 14.4 Å². The monoisotopic (exact) mass is 308 g/mol. The molecule has 0 bridgehead atoms. The minimum Gasteiger partial charge on any atom is -0.465 e. The zero-order chi connectivity index (χ0) is 15.5. The third kappa shape index (κ3) is 3.36. The van der Waals surface area contributed by atoms with E-state index >= 15 is 0 Å². The Labute approximate surface area is 129 Å². The number of amides is 1. The average Bonchev–Trinajstić information content (AvgIpc) is 2.94. The van der Waals surface area contributed by atoms with Crippen LogP contribution in [0.2, 0.25) is 0 Å². The molecule has 1 aromatic rings. The number of hydrogen-bond acceptors (Lipinski definition) is 3. The molecule has 2 atom stereocenters. The summed E-state index contributed by atoms with van der Waals surface area (Å²) in [6, 6.07) is 1.54. The van der Waals surface area contributed by atoms with Gasteiger partial charge in [-0.1, -0.05) is 32.1 Å². The van der Waals surface area contributed by atoms with Crippen LogP contribution >= 0.6 is 0 Å². The summed E-state index contributed by atoms with van der Waals surface area (Å²) in [7, 11) is 0. The van der Waals surface area contributed by atoms with Gasteiger partial charge < -0.3 is 14.5 Å². The van der Waals surface area contributed by atoms with E-state index in [1.165, 1.54) is 38.2 Å². The Hall–Kier alpha value is -1.72. The Morgan fingerprint density at radius 1 is 1.32 bits per heavy atom. The van der Waals surface area contributed by atoms with E-state index in [1.807, 2.05) is 0 Å². The van der Waals surface area contributed by atoms with Crippen LogP contribution in [-0.2, 0) is 0 Å². The van der Waals surface area contributed by atoms with Gasteiger partial charge in [0.25, 0.3) is 5.56 Å². The summed E-state index contributed by atoms with van der Waals surface area (Å²) in [4.78, 5) is 24.3. The topological polar surface area (TPSA) is 86.5 Å². The Balaban J connectivity index is 1.69. The van der Waals surface area contributed by atoms with Crippen molar-refractivity contribution >= 4 is 6.09 Å². The number of carboxylic acid groups (broad SMARTS) is 1. The first-order chi connectivity index (χ1) is 10.6. The molecule has 122 valence electrons.